The number of carbonyl (C=O) groups is 1. The fraction of sp³-hybridized carbons (Fsp3) is 0.143. The number of nitro groups is 1. The zero-order valence-electron chi connectivity index (χ0n) is 11.5. The highest BCUT2D eigenvalue weighted by Crippen LogP contribution is 2.37. The molecule has 8 nitrogen and oxygen atoms in total. The van der Waals surface area contributed by atoms with Crippen molar-refractivity contribution >= 4 is 11.7 Å². The summed E-state index contributed by atoms with van der Waals surface area (Å²) in [4.78, 5) is 21.8. The van der Waals surface area contributed by atoms with Crippen molar-refractivity contribution in [1.82, 2.24) is 5.32 Å². The number of allylic oxidation sites excluding steroid dienone is 2. The normalized spacial score (nSPS) is 17.7. The monoisotopic (exact) mass is 300 g/mol. The van der Waals surface area contributed by atoms with E-state index in [0.717, 1.165) is 0 Å². The van der Waals surface area contributed by atoms with Crippen molar-refractivity contribution < 1.29 is 14.8 Å². The molecule has 0 saturated heterocycles. The van der Waals surface area contributed by atoms with Crippen molar-refractivity contribution in [1.29, 1.82) is 5.26 Å². The van der Waals surface area contributed by atoms with Crippen molar-refractivity contribution in [3.05, 3.63) is 62.6 Å². The van der Waals surface area contributed by atoms with E-state index in [1.807, 2.05) is 6.07 Å². The highest BCUT2D eigenvalue weighted by atomic mass is 16.6. The maximum absolute atomic E-state index is 11.5. The number of hydrogen-bond donors (Lipinski definition) is 3. The Bertz CT molecular complexity index is 773. The molecule has 1 heterocycles. The molecule has 1 aliphatic rings. The largest absolute Gasteiger partial charge is 0.478 e. The Labute approximate surface area is 125 Å². The molecule has 0 radical (unpaired) electrons. The number of nitrogens with one attached hydrogen (secondary N) is 1. The van der Waals surface area contributed by atoms with Crippen molar-refractivity contribution in [2.75, 3.05) is 0 Å². The average molecular weight is 300 g/mol. The average Bonchev–Trinajstić information content (AvgIpc) is 2.46. The highest BCUT2D eigenvalue weighted by molar-refractivity contribution is 5.91. The van der Waals surface area contributed by atoms with Gasteiger partial charge in [0.1, 0.15) is 5.82 Å². The maximum atomic E-state index is 11.5. The Morgan fingerprint density at radius 2 is 2.23 bits per heavy atom. The van der Waals surface area contributed by atoms with Crippen LogP contribution < -0.4 is 11.1 Å². The van der Waals surface area contributed by atoms with Crippen LogP contribution in [0.2, 0.25) is 0 Å². The summed E-state index contributed by atoms with van der Waals surface area (Å²) < 4.78 is 0. The van der Waals surface area contributed by atoms with Gasteiger partial charge in [-0.15, -0.1) is 0 Å². The highest BCUT2D eigenvalue weighted by Gasteiger charge is 2.34. The summed E-state index contributed by atoms with van der Waals surface area (Å²) in [7, 11) is 0. The van der Waals surface area contributed by atoms with E-state index in [-0.39, 0.29) is 22.7 Å². The maximum Gasteiger partial charge on any atom is 0.334 e. The third-order valence-electron chi connectivity index (χ3n) is 3.36. The fourth-order valence-corrected chi connectivity index (χ4v) is 2.41. The van der Waals surface area contributed by atoms with Gasteiger partial charge in [-0.3, -0.25) is 10.1 Å². The molecule has 1 aliphatic heterocycles. The first-order valence-electron chi connectivity index (χ1n) is 6.22. The molecular formula is C14H12N4O4. The molecule has 0 aromatic heterocycles. The third kappa shape index (κ3) is 2.47. The molecule has 1 aromatic rings. The van der Waals surface area contributed by atoms with E-state index in [1.165, 1.54) is 31.2 Å². The molecule has 0 aliphatic carbocycles. The number of nitriles is 1. The van der Waals surface area contributed by atoms with Crippen molar-refractivity contribution in [2.24, 2.45) is 5.73 Å². The molecule has 1 unspecified atom stereocenters. The van der Waals surface area contributed by atoms with Crippen LogP contribution in [0.4, 0.5) is 5.69 Å². The van der Waals surface area contributed by atoms with Crippen LogP contribution in [0.15, 0.2) is 46.9 Å². The summed E-state index contributed by atoms with van der Waals surface area (Å²) in [5, 5.41) is 32.2. The van der Waals surface area contributed by atoms with Gasteiger partial charge < -0.3 is 16.2 Å². The summed E-state index contributed by atoms with van der Waals surface area (Å²) in [6.45, 7) is 1.52. The molecule has 0 bridgehead atoms. The van der Waals surface area contributed by atoms with Gasteiger partial charge in [-0.25, -0.2) is 4.79 Å². The van der Waals surface area contributed by atoms with Crippen LogP contribution >= 0.6 is 0 Å². The number of nitrogens with two attached hydrogens (primary N) is 1. The predicted molar refractivity (Wildman–Crippen MR) is 76.1 cm³/mol. The molecule has 0 fully saturated rings. The summed E-state index contributed by atoms with van der Waals surface area (Å²) in [6.07, 6.45) is 0. The van der Waals surface area contributed by atoms with Gasteiger partial charge in [0.15, 0.2) is 0 Å². The summed E-state index contributed by atoms with van der Waals surface area (Å²) in [6, 6.07) is 7.39. The summed E-state index contributed by atoms with van der Waals surface area (Å²) in [5.74, 6) is -2.13. The number of non-ortho nitro benzene ring substituents is 1. The standard InChI is InChI=1S/C14H12N4O4/c1-7-11(14(19)20)12(10(6-15)13(16)17-7)8-3-2-4-9(5-8)18(21)22/h2-5,12,17H,16H2,1H3,(H,19,20). The van der Waals surface area contributed by atoms with Crippen LogP contribution in [0.5, 0.6) is 0 Å². The van der Waals surface area contributed by atoms with Crippen LogP contribution in [-0.4, -0.2) is 16.0 Å². The lowest BCUT2D eigenvalue weighted by Gasteiger charge is -2.26. The van der Waals surface area contributed by atoms with E-state index in [1.54, 1.807) is 0 Å². The van der Waals surface area contributed by atoms with Crippen molar-refractivity contribution in [3.8, 4) is 6.07 Å². The van der Waals surface area contributed by atoms with Crippen LogP contribution in [0.1, 0.15) is 18.4 Å². The molecular weight excluding hydrogens is 288 g/mol. The zero-order chi connectivity index (χ0) is 16.4. The van der Waals surface area contributed by atoms with Crippen molar-refractivity contribution in [3.63, 3.8) is 0 Å². The van der Waals surface area contributed by atoms with E-state index in [0.29, 0.717) is 11.3 Å². The van der Waals surface area contributed by atoms with E-state index in [4.69, 9.17) is 5.73 Å². The molecule has 0 saturated carbocycles. The van der Waals surface area contributed by atoms with Gasteiger partial charge in [0, 0.05) is 17.8 Å². The first kappa shape index (κ1) is 15.1. The Morgan fingerprint density at radius 1 is 1.55 bits per heavy atom. The number of carboxylic acids is 1. The lowest BCUT2D eigenvalue weighted by Crippen LogP contribution is -2.32. The second-order valence-corrected chi connectivity index (χ2v) is 4.69. The molecule has 22 heavy (non-hydrogen) atoms. The lowest BCUT2D eigenvalue weighted by atomic mass is 9.82. The molecule has 0 amide bonds. The van der Waals surface area contributed by atoms with Gasteiger partial charge in [-0.2, -0.15) is 5.26 Å². The minimum Gasteiger partial charge on any atom is -0.478 e. The molecule has 2 rings (SSSR count). The minimum atomic E-state index is -1.22. The Kier molecular flexibility index (Phi) is 3.81. The number of benzene rings is 1. The number of hydrogen-bond acceptors (Lipinski definition) is 6. The number of carboxylic acid groups (broad SMARTS) is 1. The number of dihydropyridines is 1. The summed E-state index contributed by atoms with van der Waals surface area (Å²) in [5.41, 5.74) is 6.14. The molecule has 1 atom stereocenters. The second-order valence-electron chi connectivity index (χ2n) is 4.69. The lowest BCUT2D eigenvalue weighted by molar-refractivity contribution is -0.384. The van der Waals surface area contributed by atoms with Crippen LogP contribution in [0, 0.1) is 21.4 Å². The van der Waals surface area contributed by atoms with E-state index < -0.39 is 16.8 Å². The molecule has 0 spiro atoms. The Morgan fingerprint density at radius 3 is 2.77 bits per heavy atom. The number of nitrogens with zero attached hydrogens (tertiary/aromatic N) is 2. The van der Waals surface area contributed by atoms with Gasteiger partial charge in [0.2, 0.25) is 0 Å². The number of aliphatic carboxylic acids is 1. The Balaban J connectivity index is 2.68. The first-order valence-corrected chi connectivity index (χ1v) is 6.22. The van der Waals surface area contributed by atoms with Crippen LogP contribution in [0.25, 0.3) is 0 Å². The molecule has 8 heteroatoms. The van der Waals surface area contributed by atoms with Gasteiger partial charge in [0.25, 0.3) is 5.69 Å². The number of nitro benzene ring substituents is 1. The van der Waals surface area contributed by atoms with E-state index in [9.17, 15) is 25.3 Å². The molecule has 112 valence electrons. The van der Waals surface area contributed by atoms with Gasteiger partial charge in [0.05, 0.1) is 28.1 Å². The second kappa shape index (κ2) is 5.57. The topological polar surface area (TPSA) is 142 Å². The number of rotatable bonds is 3. The zero-order valence-corrected chi connectivity index (χ0v) is 11.5. The van der Waals surface area contributed by atoms with Gasteiger partial charge >= 0.3 is 5.97 Å². The van der Waals surface area contributed by atoms with Gasteiger partial charge in [-0.1, -0.05) is 12.1 Å². The SMILES string of the molecule is CC1=C(C(=O)O)C(c2cccc([N+](=O)[O-])c2)C(C#N)=C(N)N1. The first-order chi connectivity index (χ1) is 10.4. The van der Waals surface area contributed by atoms with E-state index in [2.05, 4.69) is 5.32 Å². The van der Waals surface area contributed by atoms with Crippen LogP contribution in [-0.2, 0) is 4.79 Å². The van der Waals surface area contributed by atoms with Gasteiger partial charge in [-0.05, 0) is 12.5 Å². The molecule has 4 N–H and O–H groups in total. The van der Waals surface area contributed by atoms with Crippen molar-refractivity contribution in [2.45, 2.75) is 12.8 Å². The summed E-state index contributed by atoms with van der Waals surface area (Å²) >= 11 is 0. The predicted octanol–water partition coefficient (Wildman–Crippen LogP) is 1.33. The Hall–Kier alpha value is -3.34. The fourth-order valence-electron chi connectivity index (χ4n) is 2.41. The molecule has 1 aromatic carbocycles. The van der Waals surface area contributed by atoms with Crippen LogP contribution in [0.3, 0.4) is 0 Å². The third-order valence-corrected chi connectivity index (χ3v) is 3.36. The smallest absolute Gasteiger partial charge is 0.334 e. The minimum absolute atomic E-state index is 0.0171. The quantitative estimate of drug-likeness (QED) is 0.564. The van der Waals surface area contributed by atoms with E-state index >= 15 is 0 Å².